The predicted molar refractivity (Wildman–Crippen MR) is 51.9 cm³/mol. The van der Waals surface area contributed by atoms with Crippen LogP contribution < -0.4 is 0 Å². The molecule has 0 radical (unpaired) electrons. The molecule has 0 aliphatic heterocycles. The summed E-state index contributed by atoms with van der Waals surface area (Å²) in [5.74, 6) is 0. The first kappa shape index (κ1) is 7.86. The number of aryl methyl sites for hydroxylation is 1. The molecule has 1 heterocycles. The maximum absolute atomic E-state index is 10.6. The van der Waals surface area contributed by atoms with Crippen LogP contribution in [-0.4, -0.2) is 4.98 Å². The molecule has 0 spiro atoms. The highest BCUT2D eigenvalue weighted by molar-refractivity contribution is 5.93. The van der Waals surface area contributed by atoms with Crippen LogP contribution in [-0.2, 0) is 0 Å². The molecule has 3 nitrogen and oxygen atoms in total. The van der Waals surface area contributed by atoms with Crippen molar-refractivity contribution in [3.63, 3.8) is 0 Å². The Morgan fingerprint density at radius 2 is 2.15 bits per heavy atom. The fourth-order valence-electron chi connectivity index (χ4n) is 1.38. The number of fused-ring (bicyclic) bond motifs is 1. The third-order valence-corrected chi connectivity index (χ3v) is 2.08. The minimum atomic E-state index is 0.514. The van der Waals surface area contributed by atoms with E-state index < -0.39 is 0 Å². The largest absolute Gasteiger partial charge is 0.264 e. The van der Waals surface area contributed by atoms with E-state index in [9.17, 15) is 4.91 Å². The van der Waals surface area contributed by atoms with Crippen LogP contribution in [0.4, 0.5) is 5.69 Å². The highest BCUT2D eigenvalue weighted by atomic mass is 16.3. The second kappa shape index (κ2) is 2.94. The zero-order valence-electron chi connectivity index (χ0n) is 7.19. The van der Waals surface area contributed by atoms with Crippen LogP contribution in [0, 0.1) is 11.8 Å². The van der Waals surface area contributed by atoms with E-state index in [1.165, 1.54) is 0 Å². The van der Waals surface area contributed by atoms with Gasteiger partial charge in [0.1, 0.15) is 5.69 Å². The summed E-state index contributed by atoms with van der Waals surface area (Å²) in [5.41, 5.74) is 1.41. The molecule has 0 unspecified atom stereocenters. The minimum Gasteiger partial charge on any atom is -0.264 e. The van der Waals surface area contributed by atoms with Crippen molar-refractivity contribution in [1.29, 1.82) is 0 Å². The molecule has 1 aromatic carbocycles. The summed E-state index contributed by atoms with van der Waals surface area (Å²) in [4.78, 5) is 14.5. The van der Waals surface area contributed by atoms with Crippen molar-refractivity contribution in [3.05, 3.63) is 41.1 Å². The van der Waals surface area contributed by atoms with E-state index in [0.717, 1.165) is 16.3 Å². The lowest BCUT2D eigenvalue weighted by Gasteiger charge is -2.01. The van der Waals surface area contributed by atoms with Crippen molar-refractivity contribution in [2.75, 3.05) is 0 Å². The molecule has 2 aromatic rings. The van der Waals surface area contributed by atoms with Crippen LogP contribution in [0.3, 0.4) is 0 Å². The molecule has 0 aliphatic carbocycles. The van der Waals surface area contributed by atoms with Crippen LogP contribution >= 0.6 is 0 Å². The van der Waals surface area contributed by atoms with Gasteiger partial charge in [0.05, 0.1) is 0 Å². The van der Waals surface area contributed by atoms with Gasteiger partial charge in [0.15, 0.2) is 0 Å². The number of aromatic nitrogens is 1. The van der Waals surface area contributed by atoms with Gasteiger partial charge in [-0.05, 0) is 23.7 Å². The van der Waals surface area contributed by atoms with Crippen molar-refractivity contribution in [3.8, 4) is 0 Å². The summed E-state index contributed by atoms with van der Waals surface area (Å²) in [5, 5.41) is 4.83. The summed E-state index contributed by atoms with van der Waals surface area (Å²) >= 11 is 0. The highest BCUT2D eigenvalue weighted by Crippen LogP contribution is 2.28. The maximum Gasteiger partial charge on any atom is 0.118 e. The fourth-order valence-corrected chi connectivity index (χ4v) is 1.38. The summed E-state index contributed by atoms with van der Waals surface area (Å²) in [6.07, 6.45) is 3.39. The van der Waals surface area contributed by atoms with Crippen molar-refractivity contribution in [2.24, 2.45) is 5.18 Å². The number of nitrogens with zero attached hydrogens (tertiary/aromatic N) is 2. The molecular weight excluding hydrogens is 164 g/mol. The number of rotatable bonds is 1. The number of pyridine rings is 1. The van der Waals surface area contributed by atoms with E-state index in [1.54, 1.807) is 18.5 Å². The standard InChI is InChI=1S/C10H8N2O/c1-7-2-3-8-6-11-5-4-9(8)10(7)12-13/h2-6H,1H3. The van der Waals surface area contributed by atoms with Crippen LogP contribution in [0.25, 0.3) is 10.8 Å². The zero-order valence-corrected chi connectivity index (χ0v) is 7.19. The Bertz CT molecular complexity index is 465. The van der Waals surface area contributed by atoms with Crippen molar-refractivity contribution >= 4 is 16.5 Å². The fraction of sp³-hybridized carbons (Fsp3) is 0.100. The van der Waals surface area contributed by atoms with Crippen LogP contribution in [0.2, 0.25) is 0 Å². The molecule has 1 aromatic heterocycles. The van der Waals surface area contributed by atoms with Gasteiger partial charge in [-0.2, -0.15) is 0 Å². The van der Waals surface area contributed by atoms with Crippen molar-refractivity contribution < 1.29 is 0 Å². The molecule has 0 aliphatic rings. The third kappa shape index (κ3) is 1.18. The van der Waals surface area contributed by atoms with Crippen LogP contribution in [0.15, 0.2) is 35.8 Å². The van der Waals surface area contributed by atoms with Gasteiger partial charge in [0.2, 0.25) is 0 Å². The average Bonchev–Trinajstić information content (AvgIpc) is 2.18. The molecule has 0 bridgehead atoms. The molecular formula is C10H8N2O. The van der Waals surface area contributed by atoms with Crippen molar-refractivity contribution in [2.45, 2.75) is 6.92 Å². The van der Waals surface area contributed by atoms with E-state index in [2.05, 4.69) is 10.2 Å². The summed E-state index contributed by atoms with van der Waals surface area (Å²) in [7, 11) is 0. The van der Waals surface area contributed by atoms with Gasteiger partial charge in [0.25, 0.3) is 0 Å². The lowest BCUT2D eigenvalue weighted by Crippen LogP contribution is -1.79. The Labute approximate surface area is 75.4 Å². The summed E-state index contributed by atoms with van der Waals surface area (Å²) < 4.78 is 0. The summed E-state index contributed by atoms with van der Waals surface area (Å²) in [6.45, 7) is 1.87. The SMILES string of the molecule is Cc1ccc2cnccc2c1N=O. The van der Waals surface area contributed by atoms with E-state index in [4.69, 9.17) is 0 Å². The van der Waals surface area contributed by atoms with Gasteiger partial charge in [0, 0.05) is 23.2 Å². The first-order chi connectivity index (χ1) is 6.33. The predicted octanol–water partition coefficient (Wildman–Crippen LogP) is 2.94. The van der Waals surface area contributed by atoms with E-state index in [0.29, 0.717) is 5.69 Å². The quantitative estimate of drug-likeness (QED) is 0.620. The molecule has 3 heteroatoms. The molecule has 0 amide bonds. The Morgan fingerprint density at radius 1 is 1.31 bits per heavy atom. The van der Waals surface area contributed by atoms with Gasteiger partial charge in [-0.3, -0.25) is 4.98 Å². The van der Waals surface area contributed by atoms with E-state index in [-0.39, 0.29) is 0 Å². The van der Waals surface area contributed by atoms with Gasteiger partial charge in [-0.1, -0.05) is 12.1 Å². The zero-order chi connectivity index (χ0) is 9.26. The molecule has 0 saturated carbocycles. The van der Waals surface area contributed by atoms with Gasteiger partial charge >= 0.3 is 0 Å². The number of hydrogen-bond acceptors (Lipinski definition) is 3. The maximum atomic E-state index is 10.6. The number of nitroso groups, excluding NO2 is 1. The molecule has 13 heavy (non-hydrogen) atoms. The Balaban J connectivity index is 2.91. The lowest BCUT2D eigenvalue weighted by molar-refractivity contribution is 1.35. The van der Waals surface area contributed by atoms with Crippen LogP contribution in [0.5, 0.6) is 0 Å². The average molecular weight is 172 g/mol. The summed E-state index contributed by atoms with van der Waals surface area (Å²) in [6, 6.07) is 5.62. The minimum absolute atomic E-state index is 0.514. The van der Waals surface area contributed by atoms with Crippen LogP contribution in [0.1, 0.15) is 5.56 Å². The molecule has 0 N–H and O–H groups in total. The third-order valence-electron chi connectivity index (χ3n) is 2.08. The smallest absolute Gasteiger partial charge is 0.118 e. The first-order valence-electron chi connectivity index (χ1n) is 3.99. The Hall–Kier alpha value is -1.77. The molecule has 0 atom stereocenters. The number of benzene rings is 1. The van der Waals surface area contributed by atoms with Gasteiger partial charge in [-0.15, -0.1) is 4.91 Å². The molecule has 0 saturated heterocycles. The van der Waals surface area contributed by atoms with Crippen molar-refractivity contribution in [1.82, 2.24) is 4.98 Å². The lowest BCUT2D eigenvalue weighted by atomic mass is 10.1. The second-order valence-corrected chi connectivity index (χ2v) is 2.92. The Kier molecular flexibility index (Phi) is 1.77. The van der Waals surface area contributed by atoms with E-state index in [1.807, 2.05) is 19.1 Å². The van der Waals surface area contributed by atoms with E-state index >= 15 is 0 Å². The van der Waals surface area contributed by atoms with Gasteiger partial charge < -0.3 is 0 Å². The normalized spacial score (nSPS) is 10.2. The monoisotopic (exact) mass is 172 g/mol. The number of hydrogen-bond donors (Lipinski definition) is 0. The molecule has 2 rings (SSSR count). The highest BCUT2D eigenvalue weighted by Gasteiger charge is 2.03. The second-order valence-electron chi connectivity index (χ2n) is 2.92. The topological polar surface area (TPSA) is 42.3 Å². The molecule has 64 valence electrons. The Morgan fingerprint density at radius 3 is 2.92 bits per heavy atom. The molecule has 0 fully saturated rings. The first-order valence-corrected chi connectivity index (χ1v) is 3.99. The van der Waals surface area contributed by atoms with Gasteiger partial charge in [-0.25, -0.2) is 0 Å².